The van der Waals surface area contributed by atoms with Gasteiger partial charge in [-0.2, -0.15) is 0 Å². The summed E-state index contributed by atoms with van der Waals surface area (Å²) in [6.07, 6.45) is 4.19. The van der Waals surface area contributed by atoms with E-state index in [4.69, 9.17) is 11.6 Å². The molecule has 0 bridgehead atoms. The molecule has 2 atom stereocenters. The van der Waals surface area contributed by atoms with Crippen LogP contribution in [0.25, 0.3) is 0 Å². The Morgan fingerprint density at radius 1 is 1.41 bits per heavy atom. The summed E-state index contributed by atoms with van der Waals surface area (Å²) >= 11 is 9.47. The van der Waals surface area contributed by atoms with Gasteiger partial charge in [0.2, 0.25) is 0 Å². The molecular weight excluding hydrogens is 298 g/mol. The first-order valence-corrected chi connectivity index (χ1v) is 7.48. The summed E-state index contributed by atoms with van der Waals surface area (Å²) in [5.74, 6) is 1.75. The van der Waals surface area contributed by atoms with Gasteiger partial charge in [0.25, 0.3) is 0 Å². The lowest BCUT2D eigenvalue weighted by Gasteiger charge is -2.16. The summed E-state index contributed by atoms with van der Waals surface area (Å²) in [6.45, 7) is 4.43. The molecule has 1 saturated carbocycles. The Kier molecular flexibility index (Phi) is 4.89. The molecule has 0 radical (unpaired) electrons. The maximum absolute atomic E-state index is 5.92. The molecule has 3 heteroatoms. The summed E-state index contributed by atoms with van der Waals surface area (Å²) in [6, 6.07) is 5.98. The van der Waals surface area contributed by atoms with E-state index in [2.05, 4.69) is 34.2 Å². The highest BCUT2D eigenvalue weighted by atomic mass is 79.9. The predicted molar refractivity (Wildman–Crippen MR) is 77.4 cm³/mol. The molecule has 1 aliphatic rings. The topological polar surface area (TPSA) is 12.0 Å². The minimum Gasteiger partial charge on any atom is -0.312 e. The van der Waals surface area contributed by atoms with Gasteiger partial charge in [-0.05, 0) is 42.5 Å². The van der Waals surface area contributed by atoms with Crippen LogP contribution in [0.1, 0.15) is 31.7 Å². The Bertz CT molecular complexity index is 380. The number of benzene rings is 1. The standard InChI is InChI=1S/C14H19BrClN/c1-10-3-2-4-11(10)8-17-9-12-5-6-13(16)7-14(12)15/h5-7,10-11,17H,2-4,8-9H2,1H3. The molecule has 2 rings (SSSR count). The minimum atomic E-state index is 0.782. The Hall–Kier alpha value is -0.0500. The third kappa shape index (κ3) is 3.70. The highest BCUT2D eigenvalue weighted by molar-refractivity contribution is 9.10. The second-order valence-electron chi connectivity index (χ2n) is 5.03. The lowest BCUT2D eigenvalue weighted by molar-refractivity contribution is 0.392. The lowest BCUT2D eigenvalue weighted by atomic mass is 9.98. The zero-order chi connectivity index (χ0) is 12.3. The van der Waals surface area contributed by atoms with Crippen LogP contribution in [0.5, 0.6) is 0 Å². The summed E-state index contributed by atoms with van der Waals surface area (Å²) < 4.78 is 1.09. The fourth-order valence-electron chi connectivity index (χ4n) is 2.58. The lowest BCUT2D eigenvalue weighted by Crippen LogP contribution is -2.24. The van der Waals surface area contributed by atoms with Crippen LogP contribution in [0.3, 0.4) is 0 Å². The molecule has 94 valence electrons. The predicted octanol–water partition coefficient (Wildman–Crippen LogP) is 4.63. The average Bonchev–Trinajstić information content (AvgIpc) is 2.68. The van der Waals surface area contributed by atoms with Crippen LogP contribution in [0.4, 0.5) is 0 Å². The molecule has 0 amide bonds. The molecule has 2 unspecified atom stereocenters. The largest absolute Gasteiger partial charge is 0.312 e. The Morgan fingerprint density at radius 3 is 2.88 bits per heavy atom. The Morgan fingerprint density at radius 2 is 2.24 bits per heavy atom. The van der Waals surface area contributed by atoms with E-state index in [1.807, 2.05) is 12.1 Å². The second-order valence-corrected chi connectivity index (χ2v) is 6.33. The van der Waals surface area contributed by atoms with E-state index in [9.17, 15) is 0 Å². The van der Waals surface area contributed by atoms with E-state index >= 15 is 0 Å². The molecule has 1 aromatic carbocycles. The monoisotopic (exact) mass is 315 g/mol. The molecule has 0 aromatic heterocycles. The van der Waals surface area contributed by atoms with Gasteiger partial charge < -0.3 is 5.32 Å². The van der Waals surface area contributed by atoms with Crippen molar-refractivity contribution < 1.29 is 0 Å². The van der Waals surface area contributed by atoms with Crippen molar-refractivity contribution in [2.24, 2.45) is 11.8 Å². The van der Waals surface area contributed by atoms with Gasteiger partial charge in [0.15, 0.2) is 0 Å². The third-order valence-corrected chi connectivity index (χ3v) is 4.75. The molecule has 1 aromatic rings. The molecule has 0 aliphatic heterocycles. The number of hydrogen-bond donors (Lipinski definition) is 1. The normalized spacial score (nSPS) is 24.2. The number of halogens is 2. The van der Waals surface area contributed by atoms with Gasteiger partial charge in [-0.15, -0.1) is 0 Å². The summed E-state index contributed by atoms with van der Waals surface area (Å²) in [7, 11) is 0. The number of hydrogen-bond acceptors (Lipinski definition) is 1. The zero-order valence-electron chi connectivity index (χ0n) is 10.2. The van der Waals surface area contributed by atoms with Gasteiger partial charge in [0.05, 0.1) is 0 Å². The minimum absolute atomic E-state index is 0.782. The average molecular weight is 317 g/mol. The van der Waals surface area contributed by atoms with Crippen molar-refractivity contribution in [2.75, 3.05) is 6.54 Å². The highest BCUT2D eigenvalue weighted by Crippen LogP contribution is 2.30. The van der Waals surface area contributed by atoms with Crippen LogP contribution in [0, 0.1) is 11.8 Å². The molecular formula is C14H19BrClN. The fourth-order valence-corrected chi connectivity index (χ4v) is 3.41. The molecule has 0 saturated heterocycles. The first-order chi connectivity index (χ1) is 8.16. The van der Waals surface area contributed by atoms with Crippen LogP contribution >= 0.6 is 27.5 Å². The molecule has 1 fully saturated rings. The van der Waals surface area contributed by atoms with Gasteiger partial charge in [-0.3, -0.25) is 0 Å². The van der Waals surface area contributed by atoms with Crippen LogP contribution < -0.4 is 5.32 Å². The van der Waals surface area contributed by atoms with E-state index in [1.165, 1.54) is 24.8 Å². The van der Waals surface area contributed by atoms with Crippen molar-refractivity contribution in [1.29, 1.82) is 0 Å². The maximum Gasteiger partial charge on any atom is 0.0417 e. The summed E-state index contributed by atoms with van der Waals surface area (Å²) in [4.78, 5) is 0. The van der Waals surface area contributed by atoms with Crippen molar-refractivity contribution in [3.8, 4) is 0 Å². The van der Waals surface area contributed by atoms with Crippen LogP contribution in [-0.2, 0) is 6.54 Å². The van der Waals surface area contributed by atoms with Crippen molar-refractivity contribution in [3.63, 3.8) is 0 Å². The van der Waals surface area contributed by atoms with E-state index in [1.54, 1.807) is 0 Å². The van der Waals surface area contributed by atoms with E-state index < -0.39 is 0 Å². The quantitative estimate of drug-likeness (QED) is 0.854. The molecule has 0 spiro atoms. The summed E-state index contributed by atoms with van der Waals surface area (Å²) in [5.41, 5.74) is 1.28. The number of rotatable bonds is 4. The smallest absolute Gasteiger partial charge is 0.0417 e. The van der Waals surface area contributed by atoms with Gasteiger partial charge in [0.1, 0.15) is 0 Å². The van der Waals surface area contributed by atoms with Gasteiger partial charge in [0, 0.05) is 16.0 Å². The summed E-state index contributed by atoms with van der Waals surface area (Å²) in [5, 5.41) is 4.34. The highest BCUT2D eigenvalue weighted by Gasteiger charge is 2.22. The molecule has 1 N–H and O–H groups in total. The number of nitrogens with one attached hydrogen (secondary N) is 1. The molecule has 0 heterocycles. The first kappa shape index (κ1) is 13.4. The van der Waals surface area contributed by atoms with Gasteiger partial charge >= 0.3 is 0 Å². The SMILES string of the molecule is CC1CCCC1CNCc1ccc(Cl)cc1Br. The Labute approximate surface area is 117 Å². The van der Waals surface area contributed by atoms with Crippen molar-refractivity contribution in [2.45, 2.75) is 32.7 Å². The second kappa shape index (κ2) is 6.21. The van der Waals surface area contributed by atoms with E-state index in [-0.39, 0.29) is 0 Å². The van der Waals surface area contributed by atoms with Crippen LogP contribution in [0.2, 0.25) is 5.02 Å². The third-order valence-electron chi connectivity index (χ3n) is 3.78. The zero-order valence-corrected chi connectivity index (χ0v) is 12.5. The van der Waals surface area contributed by atoms with Crippen LogP contribution in [-0.4, -0.2) is 6.54 Å². The molecule has 17 heavy (non-hydrogen) atoms. The van der Waals surface area contributed by atoms with Crippen molar-refractivity contribution in [1.82, 2.24) is 5.32 Å². The fraction of sp³-hybridized carbons (Fsp3) is 0.571. The molecule has 1 nitrogen and oxygen atoms in total. The van der Waals surface area contributed by atoms with Crippen molar-refractivity contribution in [3.05, 3.63) is 33.3 Å². The first-order valence-electron chi connectivity index (χ1n) is 6.31. The van der Waals surface area contributed by atoms with E-state index in [0.29, 0.717) is 0 Å². The maximum atomic E-state index is 5.92. The van der Waals surface area contributed by atoms with E-state index in [0.717, 1.165) is 34.4 Å². The Balaban J connectivity index is 1.81. The van der Waals surface area contributed by atoms with Gasteiger partial charge in [-0.25, -0.2) is 0 Å². The van der Waals surface area contributed by atoms with Gasteiger partial charge in [-0.1, -0.05) is 53.4 Å². The van der Waals surface area contributed by atoms with Crippen molar-refractivity contribution >= 4 is 27.5 Å². The molecule has 1 aliphatic carbocycles. The van der Waals surface area contributed by atoms with Crippen LogP contribution in [0.15, 0.2) is 22.7 Å².